The molecule has 0 aliphatic heterocycles. The Morgan fingerprint density at radius 3 is 2.26 bits per heavy atom. The Bertz CT molecular complexity index is 1200. The van der Waals surface area contributed by atoms with Gasteiger partial charge in [0.05, 0.1) is 29.2 Å². The number of para-hydroxylation sites is 2. The lowest BCUT2D eigenvalue weighted by Gasteiger charge is -2.11. The molecule has 4 rings (SSSR count). The quantitative estimate of drug-likeness (QED) is 0.455. The van der Waals surface area contributed by atoms with Crippen LogP contribution in [-0.2, 0) is 4.74 Å². The maximum absolute atomic E-state index is 13.3. The molecule has 0 radical (unpaired) electrons. The molecule has 0 aliphatic carbocycles. The number of nitrogens with zero attached hydrogens (tertiary/aromatic N) is 2. The van der Waals surface area contributed by atoms with Crippen LogP contribution in [0, 0.1) is 0 Å². The minimum atomic E-state index is -0.486. The van der Waals surface area contributed by atoms with Crippen molar-refractivity contribution in [3.8, 4) is 16.9 Å². The fourth-order valence-corrected chi connectivity index (χ4v) is 3.22. The number of amides is 1. The smallest absolute Gasteiger partial charge is 0.340 e. The van der Waals surface area contributed by atoms with Gasteiger partial charge in [-0.05, 0) is 37.3 Å². The largest absolute Gasteiger partial charge is 0.462 e. The van der Waals surface area contributed by atoms with Crippen LogP contribution < -0.4 is 5.32 Å². The van der Waals surface area contributed by atoms with Gasteiger partial charge in [0.25, 0.3) is 5.91 Å². The zero-order valence-electron chi connectivity index (χ0n) is 17.0. The molecule has 0 saturated heterocycles. The Morgan fingerprint density at radius 2 is 1.55 bits per heavy atom. The van der Waals surface area contributed by atoms with Gasteiger partial charge in [-0.3, -0.25) is 4.79 Å². The number of anilines is 1. The molecular formula is C25H21N3O3. The van der Waals surface area contributed by atoms with Gasteiger partial charge in [0.1, 0.15) is 5.69 Å². The molecule has 154 valence electrons. The highest BCUT2D eigenvalue weighted by molar-refractivity contribution is 6.07. The minimum Gasteiger partial charge on any atom is -0.462 e. The molecule has 1 heterocycles. The van der Waals surface area contributed by atoms with E-state index in [0.29, 0.717) is 22.6 Å². The molecule has 0 spiro atoms. The van der Waals surface area contributed by atoms with Crippen molar-refractivity contribution in [3.63, 3.8) is 0 Å². The molecule has 31 heavy (non-hydrogen) atoms. The first kappa shape index (κ1) is 20.1. The summed E-state index contributed by atoms with van der Waals surface area (Å²) in [7, 11) is 0. The lowest BCUT2D eigenvalue weighted by molar-refractivity contribution is 0.0527. The van der Waals surface area contributed by atoms with Gasteiger partial charge in [-0.15, -0.1) is 0 Å². The Labute approximate surface area is 180 Å². The Hall–Kier alpha value is -4.19. The number of nitrogens with one attached hydrogen (secondary N) is 1. The highest BCUT2D eigenvalue weighted by Crippen LogP contribution is 2.23. The van der Waals surface area contributed by atoms with Crippen molar-refractivity contribution in [2.45, 2.75) is 6.92 Å². The van der Waals surface area contributed by atoms with Crippen LogP contribution in [0.2, 0.25) is 0 Å². The van der Waals surface area contributed by atoms with Gasteiger partial charge in [-0.25, -0.2) is 9.48 Å². The molecule has 0 bridgehead atoms. The van der Waals surface area contributed by atoms with E-state index in [1.54, 1.807) is 41.9 Å². The summed E-state index contributed by atoms with van der Waals surface area (Å²) in [4.78, 5) is 25.5. The van der Waals surface area contributed by atoms with Gasteiger partial charge >= 0.3 is 5.97 Å². The monoisotopic (exact) mass is 411 g/mol. The summed E-state index contributed by atoms with van der Waals surface area (Å²) >= 11 is 0. The Kier molecular flexibility index (Phi) is 5.89. The molecule has 0 aliphatic rings. The highest BCUT2D eigenvalue weighted by Gasteiger charge is 2.20. The van der Waals surface area contributed by atoms with Crippen molar-refractivity contribution in [3.05, 3.63) is 102 Å². The second-order valence-corrected chi connectivity index (χ2v) is 6.75. The molecule has 0 fully saturated rings. The van der Waals surface area contributed by atoms with E-state index in [4.69, 9.17) is 4.74 Å². The number of aromatic nitrogens is 2. The third-order valence-electron chi connectivity index (χ3n) is 4.68. The van der Waals surface area contributed by atoms with Crippen molar-refractivity contribution in [2.75, 3.05) is 11.9 Å². The lowest BCUT2D eigenvalue weighted by Crippen LogP contribution is -2.19. The van der Waals surface area contributed by atoms with Crippen molar-refractivity contribution >= 4 is 17.6 Å². The second kappa shape index (κ2) is 9.09. The zero-order chi connectivity index (χ0) is 21.6. The summed E-state index contributed by atoms with van der Waals surface area (Å²) in [5.41, 5.74) is 3.36. The average Bonchev–Trinajstić information content (AvgIpc) is 3.26. The molecule has 1 N–H and O–H groups in total. The summed E-state index contributed by atoms with van der Waals surface area (Å²) < 4.78 is 6.70. The van der Waals surface area contributed by atoms with Crippen LogP contribution in [0.15, 0.2) is 91.0 Å². The molecule has 0 atom stereocenters. The van der Waals surface area contributed by atoms with Gasteiger partial charge in [-0.1, -0.05) is 60.7 Å². The van der Waals surface area contributed by atoms with Crippen LogP contribution in [-0.4, -0.2) is 28.3 Å². The van der Waals surface area contributed by atoms with Gasteiger partial charge in [0.2, 0.25) is 0 Å². The summed E-state index contributed by atoms with van der Waals surface area (Å²) in [6, 6.07) is 27.6. The Morgan fingerprint density at radius 1 is 0.903 bits per heavy atom. The fraction of sp³-hybridized carbons (Fsp3) is 0.0800. The highest BCUT2D eigenvalue weighted by atomic mass is 16.5. The maximum atomic E-state index is 13.3. The van der Waals surface area contributed by atoms with E-state index in [1.807, 2.05) is 60.7 Å². The lowest BCUT2D eigenvalue weighted by atomic mass is 10.1. The molecule has 1 aromatic heterocycles. The van der Waals surface area contributed by atoms with Gasteiger partial charge in [0, 0.05) is 5.56 Å². The van der Waals surface area contributed by atoms with Crippen molar-refractivity contribution < 1.29 is 14.3 Å². The molecule has 0 unspecified atom stereocenters. The van der Waals surface area contributed by atoms with Gasteiger partial charge < -0.3 is 10.1 Å². The van der Waals surface area contributed by atoms with Gasteiger partial charge in [-0.2, -0.15) is 5.10 Å². The third kappa shape index (κ3) is 4.38. The third-order valence-corrected chi connectivity index (χ3v) is 4.68. The van der Waals surface area contributed by atoms with E-state index in [1.165, 1.54) is 0 Å². The topological polar surface area (TPSA) is 73.2 Å². The van der Waals surface area contributed by atoms with E-state index < -0.39 is 5.97 Å². The maximum Gasteiger partial charge on any atom is 0.340 e. The summed E-state index contributed by atoms with van der Waals surface area (Å²) in [6.07, 6.45) is 0. The van der Waals surface area contributed by atoms with E-state index >= 15 is 0 Å². The fourth-order valence-electron chi connectivity index (χ4n) is 3.22. The average molecular weight is 411 g/mol. The van der Waals surface area contributed by atoms with Crippen molar-refractivity contribution in [1.82, 2.24) is 9.78 Å². The standard InChI is InChI=1S/C25H21N3O3/c1-2-31-25(30)20-15-9-10-16-21(20)26-24(29)23-17-22(18-11-5-3-6-12-18)27-28(23)19-13-7-4-8-14-19/h3-17H,2H2,1H3,(H,26,29). The predicted octanol–water partition coefficient (Wildman–Crippen LogP) is 4.97. The summed E-state index contributed by atoms with van der Waals surface area (Å²) in [5.74, 6) is -0.866. The second-order valence-electron chi connectivity index (χ2n) is 6.75. The predicted molar refractivity (Wildman–Crippen MR) is 119 cm³/mol. The van der Waals surface area contributed by atoms with Crippen LogP contribution in [0.4, 0.5) is 5.69 Å². The van der Waals surface area contributed by atoms with E-state index in [-0.39, 0.29) is 12.5 Å². The Balaban J connectivity index is 1.73. The minimum absolute atomic E-state index is 0.252. The molecule has 1 amide bonds. The first-order valence-corrected chi connectivity index (χ1v) is 9.96. The van der Waals surface area contributed by atoms with Gasteiger partial charge in [0.15, 0.2) is 0 Å². The molecule has 6 nitrogen and oxygen atoms in total. The first-order chi connectivity index (χ1) is 15.2. The van der Waals surface area contributed by atoms with Crippen molar-refractivity contribution in [2.24, 2.45) is 0 Å². The molecule has 3 aromatic carbocycles. The van der Waals surface area contributed by atoms with E-state index in [2.05, 4.69) is 10.4 Å². The van der Waals surface area contributed by atoms with Crippen molar-refractivity contribution in [1.29, 1.82) is 0 Å². The molecule has 6 heteroatoms. The molecule has 4 aromatic rings. The van der Waals surface area contributed by atoms with E-state index in [9.17, 15) is 9.59 Å². The summed E-state index contributed by atoms with van der Waals surface area (Å²) in [6.45, 7) is 1.99. The molecular weight excluding hydrogens is 390 g/mol. The van der Waals surface area contributed by atoms with E-state index in [0.717, 1.165) is 11.3 Å². The SMILES string of the molecule is CCOC(=O)c1ccccc1NC(=O)c1cc(-c2ccccc2)nn1-c1ccccc1. The van der Waals surface area contributed by atoms with Crippen LogP contribution >= 0.6 is 0 Å². The number of carbonyl (C=O) groups is 2. The number of carbonyl (C=O) groups excluding carboxylic acids is 2. The number of esters is 1. The summed E-state index contributed by atoms with van der Waals surface area (Å²) in [5, 5.41) is 7.51. The number of hydrogen-bond donors (Lipinski definition) is 1. The number of ether oxygens (including phenoxy) is 1. The normalized spacial score (nSPS) is 10.5. The zero-order valence-corrected chi connectivity index (χ0v) is 17.0. The number of rotatable bonds is 6. The van der Waals surface area contributed by atoms with Crippen LogP contribution in [0.5, 0.6) is 0 Å². The molecule has 0 saturated carbocycles. The number of hydrogen-bond acceptors (Lipinski definition) is 4. The number of benzene rings is 3. The van der Waals surface area contributed by atoms with Crippen LogP contribution in [0.25, 0.3) is 16.9 Å². The first-order valence-electron chi connectivity index (χ1n) is 9.96. The van der Waals surface area contributed by atoms with Crippen LogP contribution in [0.3, 0.4) is 0 Å². The van der Waals surface area contributed by atoms with Crippen LogP contribution in [0.1, 0.15) is 27.8 Å².